The minimum absolute atomic E-state index is 0.0143. The van der Waals surface area contributed by atoms with E-state index in [9.17, 15) is 13.6 Å². The first-order chi connectivity index (χ1) is 5.15. The number of hydrogen-bond acceptors (Lipinski definition) is 1. The van der Waals surface area contributed by atoms with Crippen LogP contribution in [0.2, 0.25) is 0 Å². The summed E-state index contributed by atoms with van der Waals surface area (Å²) in [5, 5.41) is 0. The Balaban J connectivity index is 3.31. The van der Waals surface area contributed by atoms with Crippen molar-refractivity contribution in [3.05, 3.63) is 32.9 Å². The molecule has 0 unspecified atom stereocenters. The molecule has 1 aromatic carbocycles. The molecule has 0 aliphatic rings. The number of hydrogen-bond donors (Lipinski definition) is 0. The summed E-state index contributed by atoms with van der Waals surface area (Å²) in [6, 6.07) is 2.00. The molecule has 0 atom stereocenters. The lowest BCUT2D eigenvalue weighted by Crippen LogP contribution is -1.91. The first-order valence-corrected chi connectivity index (χ1v) is 3.82. The third kappa shape index (κ3) is 1.74. The summed E-state index contributed by atoms with van der Waals surface area (Å²) in [7, 11) is 0. The molecule has 58 valence electrons. The molecule has 0 saturated carbocycles. The van der Waals surface area contributed by atoms with Gasteiger partial charge in [-0.1, -0.05) is 0 Å². The predicted molar refractivity (Wildman–Crippen MR) is 44.5 cm³/mol. The van der Waals surface area contributed by atoms with Crippen LogP contribution in [0.1, 0.15) is 10.4 Å². The predicted octanol–water partition coefficient (Wildman–Crippen LogP) is 2.38. The van der Waals surface area contributed by atoms with Gasteiger partial charge in [0.25, 0.3) is 0 Å². The molecule has 0 saturated heterocycles. The largest absolute Gasteiger partial charge is 0.298 e. The molecular weight excluding hydrogens is 265 g/mol. The van der Waals surface area contributed by atoms with E-state index in [1.165, 1.54) is 22.6 Å². The van der Waals surface area contributed by atoms with Crippen LogP contribution in [0.4, 0.5) is 8.78 Å². The lowest BCUT2D eigenvalue weighted by Gasteiger charge is -1.96. The van der Waals surface area contributed by atoms with Gasteiger partial charge in [0.05, 0.1) is 3.57 Å². The normalized spacial score (nSPS) is 9.73. The van der Waals surface area contributed by atoms with Gasteiger partial charge >= 0.3 is 0 Å². The monoisotopic (exact) mass is 268 g/mol. The quantitative estimate of drug-likeness (QED) is 0.434. The molecule has 0 amide bonds. The average Bonchev–Trinajstić information content (AvgIpc) is 1.99. The summed E-state index contributed by atoms with van der Waals surface area (Å²) in [6.45, 7) is 0. The molecule has 0 N–H and O–H groups in total. The molecule has 4 heteroatoms. The zero-order valence-electron chi connectivity index (χ0n) is 5.27. The van der Waals surface area contributed by atoms with Crippen molar-refractivity contribution in [3.63, 3.8) is 0 Å². The molecule has 11 heavy (non-hydrogen) atoms. The Labute approximate surface area is 75.6 Å². The molecule has 0 fully saturated rings. The highest BCUT2D eigenvalue weighted by Gasteiger charge is 2.06. The van der Waals surface area contributed by atoms with E-state index in [4.69, 9.17) is 0 Å². The maximum atomic E-state index is 12.6. The maximum Gasteiger partial charge on any atom is 0.150 e. The minimum atomic E-state index is -0.701. The van der Waals surface area contributed by atoms with Gasteiger partial charge in [-0.15, -0.1) is 0 Å². The van der Waals surface area contributed by atoms with E-state index in [-0.39, 0.29) is 9.13 Å². The Kier molecular flexibility index (Phi) is 2.53. The number of carbonyl (C=O) groups excluding carboxylic acids is 1. The highest BCUT2D eigenvalue weighted by atomic mass is 127. The molecule has 0 radical (unpaired) electrons. The van der Waals surface area contributed by atoms with Crippen LogP contribution in [0.5, 0.6) is 0 Å². The van der Waals surface area contributed by atoms with E-state index in [0.717, 1.165) is 12.1 Å². The number of rotatable bonds is 1. The van der Waals surface area contributed by atoms with Crippen LogP contribution in [0.3, 0.4) is 0 Å². The van der Waals surface area contributed by atoms with E-state index in [2.05, 4.69) is 0 Å². The zero-order chi connectivity index (χ0) is 8.43. The lowest BCUT2D eigenvalue weighted by molar-refractivity contribution is 0.112. The van der Waals surface area contributed by atoms with Gasteiger partial charge in [0.2, 0.25) is 0 Å². The van der Waals surface area contributed by atoms with Crippen LogP contribution in [-0.4, -0.2) is 6.29 Å². The summed E-state index contributed by atoms with van der Waals surface area (Å²) < 4.78 is 25.2. The highest BCUT2D eigenvalue weighted by Crippen LogP contribution is 2.16. The van der Waals surface area contributed by atoms with Gasteiger partial charge in [0, 0.05) is 5.56 Å². The lowest BCUT2D eigenvalue weighted by atomic mass is 10.2. The van der Waals surface area contributed by atoms with E-state index in [1.807, 2.05) is 0 Å². The average molecular weight is 268 g/mol. The van der Waals surface area contributed by atoms with Gasteiger partial charge in [0.15, 0.2) is 0 Å². The zero-order valence-corrected chi connectivity index (χ0v) is 7.43. The second-order valence-corrected chi connectivity index (χ2v) is 3.00. The van der Waals surface area contributed by atoms with Gasteiger partial charge < -0.3 is 0 Å². The Bertz CT molecular complexity index is 275. The fourth-order valence-corrected chi connectivity index (χ4v) is 0.955. The summed E-state index contributed by atoms with van der Waals surface area (Å²) in [4.78, 5) is 10.1. The van der Waals surface area contributed by atoms with Crippen molar-refractivity contribution >= 4 is 28.9 Å². The van der Waals surface area contributed by atoms with E-state index in [0.29, 0.717) is 6.29 Å². The third-order valence-corrected chi connectivity index (χ3v) is 2.17. The van der Waals surface area contributed by atoms with Crippen LogP contribution >= 0.6 is 22.6 Å². The van der Waals surface area contributed by atoms with Crippen LogP contribution in [0, 0.1) is 15.2 Å². The van der Waals surface area contributed by atoms with E-state index < -0.39 is 11.6 Å². The topological polar surface area (TPSA) is 17.1 Å². The summed E-state index contributed by atoms with van der Waals surface area (Å²) in [5.74, 6) is -1.40. The van der Waals surface area contributed by atoms with Gasteiger partial charge in [-0.3, -0.25) is 4.79 Å². The Hall–Kier alpha value is -0.520. The van der Waals surface area contributed by atoms with Crippen molar-refractivity contribution in [3.8, 4) is 0 Å². The Morgan fingerprint density at radius 2 is 1.73 bits per heavy atom. The molecule has 0 aromatic heterocycles. The molecule has 1 aromatic rings. The van der Waals surface area contributed by atoms with Gasteiger partial charge in [-0.2, -0.15) is 0 Å². The smallest absolute Gasteiger partial charge is 0.150 e. The standard InChI is InChI=1S/C7H3F2IO/c8-5-1-4(3-11)2-6(9)7(5)10/h1-3H. The fourth-order valence-electron chi connectivity index (χ4n) is 0.643. The van der Waals surface area contributed by atoms with Crippen molar-refractivity contribution in [2.45, 2.75) is 0 Å². The van der Waals surface area contributed by atoms with Gasteiger partial charge in [-0.05, 0) is 34.7 Å². The van der Waals surface area contributed by atoms with Crippen molar-refractivity contribution in [2.24, 2.45) is 0 Å². The second kappa shape index (κ2) is 3.25. The second-order valence-electron chi connectivity index (χ2n) is 1.92. The van der Waals surface area contributed by atoms with Crippen LogP contribution in [-0.2, 0) is 0 Å². The third-order valence-electron chi connectivity index (χ3n) is 1.14. The van der Waals surface area contributed by atoms with Crippen LogP contribution in [0.15, 0.2) is 12.1 Å². The van der Waals surface area contributed by atoms with Gasteiger partial charge in [0.1, 0.15) is 17.9 Å². The number of benzene rings is 1. The maximum absolute atomic E-state index is 12.6. The summed E-state index contributed by atoms with van der Waals surface area (Å²) in [5.41, 5.74) is 0.0143. The Morgan fingerprint density at radius 1 is 1.27 bits per heavy atom. The first-order valence-electron chi connectivity index (χ1n) is 2.75. The van der Waals surface area contributed by atoms with Crippen LogP contribution < -0.4 is 0 Å². The number of halogens is 3. The summed E-state index contributed by atoms with van der Waals surface area (Å²) >= 11 is 1.54. The Morgan fingerprint density at radius 3 is 2.09 bits per heavy atom. The summed E-state index contributed by atoms with van der Waals surface area (Å²) in [6.07, 6.45) is 0.405. The molecule has 0 aliphatic heterocycles. The molecule has 1 nitrogen and oxygen atoms in total. The van der Waals surface area contributed by atoms with E-state index in [1.54, 1.807) is 0 Å². The molecule has 0 heterocycles. The first kappa shape index (κ1) is 8.58. The van der Waals surface area contributed by atoms with E-state index >= 15 is 0 Å². The molecular formula is C7H3F2IO. The molecule has 0 spiro atoms. The minimum Gasteiger partial charge on any atom is -0.298 e. The fraction of sp³-hybridized carbons (Fsp3) is 0. The van der Waals surface area contributed by atoms with Crippen molar-refractivity contribution in [1.29, 1.82) is 0 Å². The number of aldehydes is 1. The highest BCUT2D eigenvalue weighted by molar-refractivity contribution is 14.1. The van der Waals surface area contributed by atoms with Gasteiger partial charge in [-0.25, -0.2) is 8.78 Å². The molecule has 0 bridgehead atoms. The van der Waals surface area contributed by atoms with Crippen LogP contribution in [0.25, 0.3) is 0 Å². The van der Waals surface area contributed by atoms with Crippen molar-refractivity contribution in [2.75, 3.05) is 0 Å². The molecule has 0 aliphatic carbocycles. The SMILES string of the molecule is O=Cc1cc(F)c(I)c(F)c1. The van der Waals surface area contributed by atoms with Crippen molar-refractivity contribution < 1.29 is 13.6 Å². The van der Waals surface area contributed by atoms with Crippen molar-refractivity contribution in [1.82, 2.24) is 0 Å². The number of carbonyl (C=O) groups is 1. The molecule has 1 rings (SSSR count).